The van der Waals surface area contributed by atoms with Crippen molar-refractivity contribution < 1.29 is 13.7 Å². The molecule has 1 aromatic carbocycles. The van der Waals surface area contributed by atoms with Crippen molar-refractivity contribution >= 4 is 24.6 Å². The van der Waals surface area contributed by atoms with Crippen LogP contribution in [0.2, 0.25) is 0 Å². The number of aromatic nitrogens is 1. The maximum Gasteiger partial charge on any atom is 0.134 e. The molecule has 1 aliphatic heterocycles. The standard InChI is InChI=1S/C15H17FNO2P/c1-20(18)10-11-4-2-7-15(19-11)17-9-8-12-13(16)5-3-6-14(12)17/h3,5-6,8-9,11,15H,1-2,4,7,10H2/t11-,15+/m0/s1. The third-order valence-electron chi connectivity index (χ3n) is 3.75. The molecule has 5 heteroatoms. The van der Waals surface area contributed by atoms with E-state index in [2.05, 4.69) is 6.30 Å². The summed E-state index contributed by atoms with van der Waals surface area (Å²) in [4.78, 5) is 0. The van der Waals surface area contributed by atoms with Crippen LogP contribution in [0.25, 0.3) is 10.9 Å². The third kappa shape index (κ3) is 2.58. The van der Waals surface area contributed by atoms with E-state index in [4.69, 9.17) is 4.74 Å². The van der Waals surface area contributed by atoms with Gasteiger partial charge in [-0.2, -0.15) is 0 Å². The second-order valence-electron chi connectivity index (χ2n) is 5.20. The summed E-state index contributed by atoms with van der Waals surface area (Å²) in [5.41, 5.74) is 0.842. The van der Waals surface area contributed by atoms with Crippen LogP contribution in [-0.4, -0.2) is 23.1 Å². The predicted molar refractivity (Wildman–Crippen MR) is 79.3 cm³/mol. The Kier molecular flexibility index (Phi) is 3.77. The number of hydrogen-bond donors (Lipinski definition) is 0. The zero-order chi connectivity index (χ0) is 14.1. The molecular formula is C15H17FNO2P. The van der Waals surface area contributed by atoms with E-state index in [1.165, 1.54) is 6.07 Å². The number of halogens is 1. The molecule has 0 amide bonds. The van der Waals surface area contributed by atoms with Crippen LogP contribution in [0.3, 0.4) is 0 Å². The molecule has 1 aromatic heterocycles. The smallest absolute Gasteiger partial charge is 0.134 e. The Morgan fingerprint density at radius 3 is 3.05 bits per heavy atom. The van der Waals surface area contributed by atoms with E-state index < -0.39 is 7.42 Å². The van der Waals surface area contributed by atoms with E-state index in [0.717, 1.165) is 24.8 Å². The molecule has 0 N–H and O–H groups in total. The Morgan fingerprint density at radius 2 is 2.25 bits per heavy atom. The Bertz CT molecular complexity index is 684. The molecule has 3 nitrogen and oxygen atoms in total. The van der Waals surface area contributed by atoms with Crippen LogP contribution in [0.1, 0.15) is 25.5 Å². The Hall–Kier alpha value is -1.38. The minimum atomic E-state index is -1.43. The third-order valence-corrected chi connectivity index (χ3v) is 4.57. The van der Waals surface area contributed by atoms with Gasteiger partial charge in [-0.05, 0) is 43.8 Å². The molecule has 1 saturated heterocycles. The van der Waals surface area contributed by atoms with Crippen molar-refractivity contribution in [3.8, 4) is 0 Å². The van der Waals surface area contributed by atoms with Crippen LogP contribution in [0.15, 0.2) is 30.5 Å². The molecule has 3 atom stereocenters. The van der Waals surface area contributed by atoms with Gasteiger partial charge in [-0.1, -0.05) is 6.07 Å². The van der Waals surface area contributed by atoms with Gasteiger partial charge in [0.15, 0.2) is 0 Å². The molecule has 1 unspecified atom stereocenters. The monoisotopic (exact) mass is 293 g/mol. The quantitative estimate of drug-likeness (QED) is 0.797. The average Bonchev–Trinajstić information content (AvgIpc) is 2.83. The lowest BCUT2D eigenvalue weighted by Gasteiger charge is -2.30. The van der Waals surface area contributed by atoms with E-state index in [1.807, 2.05) is 16.8 Å². The van der Waals surface area contributed by atoms with Crippen LogP contribution < -0.4 is 0 Å². The lowest BCUT2D eigenvalue weighted by molar-refractivity contribution is -0.0766. The highest BCUT2D eigenvalue weighted by Crippen LogP contribution is 2.32. The second kappa shape index (κ2) is 5.55. The summed E-state index contributed by atoms with van der Waals surface area (Å²) in [5.74, 6) is -0.213. The molecule has 0 aliphatic carbocycles. The van der Waals surface area contributed by atoms with Gasteiger partial charge >= 0.3 is 0 Å². The Balaban J connectivity index is 1.89. The molecule has 20 heavy (non-hydrogen) atoms. The van der Waals surface area contributed by atoms with Crippen LogP contribution in [0, 0.1) is 5.82 Å². The van der Waals surface area contributed by atoms with Gasteiger partial charge in [0.1, 0.15) is 12.0 Å². The normalized spacial score (nSPS) is 23.9. The van der Waals surface area contributed by atoms with Crippen molar-refractivity contribution in [2.24, 2.45) is 0 Å². The highest BCUT2D eigenvalue weighted by Gasteiger charge is 2.24. The lowest BCUT2D eigenvalue weighted by atomic mass is 10.1. The van der Waals surface area contributed by atoms with Crippen molar-refractivity contribution in [1.82, 2.24) is 4.57 Å². The second-order valence-corrected chi connectivity index (χ2v) is 6.53. The lowest BCUT2D eigenvalue weighted by Crippen LogP contribution is -2.27. The van der Waals surface area contributed by atoms with Crippen molar-refractivity contribution in [3.05, 3.63) is 36.3 Å². The highest BCUT2D eigenvalue weighted by atomic mass is 31.1. The van der Waals surface area contributed by atoms with Gasteiger partial charge in [0.05, 0.1) is 19.0 Å². The van der Waals surface area contributed by atoms with E-state index >= 15 is 0 Å². The van der Waals surface area contributed by atoms with Gasteiger partial charge in [-0.25, -0.2) is 4.39 Å². The van der Waals surface area contributed by atoms with Crippen molar-refractivity contribution in [2.75, 3.05) is 6.16 Å². The van der Waals surface area contributed by atoms with E-state index in [0.29, 0.717) is 11.5 Å². The van der Waals surface area contributed by atoms with Gasteiger partial charge in [0.25, 0.3) is 0 Å². The minimum Gasteiger partial charge on any atom is -0.354 e. The summed E-state index contributed by atoms with van der Waals surface area (Å²) < 4.78 is 33.0. The first-order valence-electron chi connectivity index (χ1n) is 6.81. The van der Waals surface area contributed by atoms with Gasteiger partial charge in [-0.3, -0.25) is 4.57 Å². The molecular weight excluding hydrogens is 276 g/mol. The summed E-state index contributed by atoms with van der Waals surface area (Å²) in [6, 6.07) is 6.85. The summed E-state index contributed by atoms with van der Waals surface area (Å²) in [6.45, 7) is 0. The van der Waals surface area contributed by atoms with Gasteiger partial charge in [-0.15, -0.1) is 0 Å². The van der Waals surface area contributed by atoms with E-state index in [9.17, 15) is 8.96 Å². The molecule has 106 valence electrons. The first-order valence-corrected chi connectivity index (χ1v) is 8.44. The van der Waals surface area contributed by atoms with E-state index in [-0.39, 0.29) is 18.1 Å². The predicted octanol–water partition coefficient (Wildman–Crippen LogP) is 4.11. The Labute approximate surface area is 117 Å². The number of nitrogens with zero attached hydrogens (tertiary/aromatic N) is 1. The number of benzene rings is 1. The SMILES string of the molecule is C=P(=O)C[C@@H]1CCC[C@H](n2ccc3c(F)cccc32)O1. The molecule has 2 heterocycles. The molecule has 0 saturated carbocycles. The number of hydrogen-bond acceptors (Lipinski definition) is 2. The molecule has 0 bridgehead atoms. The van der Waals surface area contributed by atoms with Crippen LogP contribution in [0.4, 0.5) is 4.39 Å². The molecule has 1 aliphatic rings. The van der Waals surface area contributed by atoms with Crippen molar-refractivity contribution in [3.63, 3.8) is 0 Å². The van der Waals surface area contributed by atoms with Gasteiger partial charge in [0.2, 0.25) is 0 Å². The summed E-state index contributed by atoms with van der Waals surface area (Å²) in [6.07, 6.45) is 8.63. The van der Waals surface area contributed by atoms with Gasteiger partial charge < -0.3 is 9.30 Å². The van der Waals surface area contributed by atoms with Crippen molar-refractivity contribution in [2.45, 2.75) is 31.6 Å². The number of rotatable bonds is 3. The molecule has 3 rings (SSSR count). The zero-order valence-electron chi connectivity index (χ0n) is 11.2. The van der Waals surface area contributed by atoms with Gasteiger partial charge in [0, 0.05) is 17.7 Å². The topological polar surface area (TPSA) is 31.2 Å². The zero-order valence-corrected chi connectivity index (χ0v) is 12.1. The number of fused-ring (bicyclic) bond motifs is 1. The maximum atomic E-state index is 13.7. The molecule has 1 fully saturated rings. The average molecular weight is 293 g/mol. The first kappa shape index (κ1) is 13.6. The summed E-state index contributed by atoms with van der Waals surface area (Å²) in [5, 5.41) is 0.612. The van der Waals surface area contributed by atoms with E-state index in [1.54, 1.807) is 12.1 Å². The summed E-state index contributed by atoms with van der Waals surface area (Å²) in [7, 11) is -1.43. The molecule has 0 radical (unpaired) electrons. The Morgan fingerprint density at radius 1 is 1.40 bits per heavy atom. The minimum absolute atomic E-state index is 0.0131. The summed E-state index contributed by atoms with van der Waals surface area (Å²) >= 11 is 0. The number of ether oxygens (including phenoxy) is 1. The molecule has 0 spiro atoms. The maximum absolute atomic E-state index is 13.7. The highest BCUT2D eigenvalue weighted by molar-refractivity contribution is 7.43. The fourth-order valence-corrected chi connectivity index (χ4v) is 3.57. The largest absolute Gasteiger partial charge is 0.354 e. The first-order chi connectivity index (χ1) is 9.65. The van der Waals surface area contributed by atoms with Crippen LogP contribution >= 0.6 is 7.42 Å². The molecule has 2 aromatic rings. The van der Waals surface area contributed by atoms with Crippen LogP contribution in [-0.2, 0) is 9.30 Å². The van der Waals surface area contributed by atoms with Crippen molar-refractivity contribution in [1.29, 1.82) is 0 Å². The fourth-order valence-electron chi connectivity index (χ4n) is 2.85. The fraction of sp³-hybridized carbons (Fsp3) is 0.400. The van der Waals surface area contributed by atoms with Crippen LogP contribution in [0.5, 0.6) is 0 Å².